The zero-order valence-corrected chi connectivity index (χ0v) is 15.8. The molecule has 0 fully saturated rings. The maximum absolute atomic E-state index is 13.0. The van der Waals surface area contributed by atoms with E-state index in [1.54, 1.807) is 13.0 Å². The third-order valence-electron chi connectivity index (χ3n) is 3.99. The van der Waals surface area contributed by atoms with Crippen molar-refractivity contribution in [3.8, 4) is 0 Å². The van der Waals surface area contributed by atoms with Crippen molar-refractivity contribution in [2.75, 3.05) is 17.2 Å². The van der Waals surface area contributed by atoms with E-state index in [1.807, 2.05) is 0 Å². The van der Waals surface area contributed by atoms with Gasteiger partial charge in [0, 0.05) is 4.90 Å². The van der Waals surface area contributed by atoms with Crippen LogP contribution in [0.2, 0.25) is 0 Å². The van der Waals surface area contributed by atoms with Gasteiger partial charge >= 0.3 is 12.1 Å². The predicted octanol–water partition coefficient (Wildman–Crippen LogP) is 3.93. The van der Waals surface area contributed by atoms with Crippen LogP contribution in [0.1, 0.15) is 22.8 Å². The lowest BCUT2D eigenvalue weighted by atomic mass is 10.1. The van der Waals surface area contributed by atoms with Crippen LogP contribution in [0.4, 0.5) is 24.5 Å². The number of carbonyl (C=O) groups excluding carboxylic acids is 3. The van der Waals surface area contributed by atoms with Crippen molar-refractivity contribution in [1.82, 2.24) is 0 Å². The second kappa shape index (κ2) is 8.16. The number of rotatable bonds is 4. The number of para-hydroxylation sites is 1. The summed E-state index contributed by atoms with van der Waals surface area (Å²) in [6, 6.07) is 9.03. The van der Waals surface area contributed by atoms with Gasteiger partial charge in [0.2, 0.25) is 5.91 Å². The number of nitrogens with one attached hydrogen (secondary N) is 2. The van der Waals surface area contributed by atoms with E-state index in [2.05, 4.69) is 10.6 Å². The van der Waals surface area contributed by atoms with Crippen molar-refractivity contribution in [3.05, 3.63) is 53.6 Å². The van der Waals surface area contributed by atoms with E-state index in [9.17, 15) is 27.6 Å². The summed E-state index contributed by atoms with van der Waals surface area (Å²) in [5, 5.41) is 4.50. The van der Waals surface area contributed by atoms with Crippen molar-refractivity contribution < 1.29 is 32.3 Å². The minimum atomic E-state index is -4.64. The molecule has 152 valence electrons. The highest BCUT2D eigenvalue weighted by Crippen LogP contribution is 2.36. The van der Waals surface area contributed by atoms with Crippen LogP contribution in [0.5, 0.6) is 0 Å². The molecule has 3 rings (SSSR count). The molecular formula is C19H15F3N2O4S. The normalized spacial score (nSPS) is 15.9. The lowest BCUT2D eigenvalue weighted by Crippen LogP contribution is -2.26. The second-order valence-electron chi connectivity index (χ2n) is 6.13. The van der Waals surface area contributed by atoms with E-state index in [1.165, 1.54) is 36.0 Å². The average Bonchev–Trinajstić information content (AvgIpc) is 2.66. The van der Waals surface area contributed by atoms with Crippen molar-refractivity contribution >= 4 is 40.9 Å². The molecule has 0 aliphatic carbocycles. The fraction of sp³-hybridized carbons (Fsp3) is 0.211. The van der Waals surface area contributed by atoms with Crippen LogP contribution in [-0.2, 0) is 20.5 Å². The molecule has 2 N–H and O–H groups in total. The van der Waals surface area contributed by atoms with Gasteiger partial charge in [0.1, 0.15) is 0 Å². The lowest BCUT2D eigenvalue weighted by Gasteiger charge is -2.21. The number of thioether (sulfide) groups is 1. The molecular weight excluding hydrogens is 409 g/mol. The number of ether oxygens (including phenoxy) is 1. The van der Waals surface area contributed by atoms with Crippen LogP contribution in [0.3, 0.4) is 0 Å². The molecule has 0 saturated heterocycles. The van der Waals surface area contributed by atoms with Crippen molar-refractivity contribution in [2.24, 2.45) is 0 Å². The number of alkyl halides is 3. The molecule has 1 aliphatic rings. The third kappa shape index (κ3) is 4.89. The number of benzene rings is 2. The van der Waals surface area contributed by atoms with Crippen molar-refractivity contribution in [2.45, 2.75) is 23.2 Å². The molecule has 1 unspecified atom stereocenters. The van der Waals surface area contributed by atoms with Crippen LogP contribution in [0, 0.1) is 0 Å². The molecule has 2 aromatic carbocycles. The van der Waals surface area contributed by atoms with Crippen LogP contribution < -0.4 is 10.6 Å². The highest BCUT2D eigenvalue weighted by Gasteiger charge is 2.33. The summed E-state index contributed by atoms with van der Waals surface area (Å²) in [7, 11) is 0. The first-order valence-electron chi connectivity index (χ1n) is 8.40. The van der Waals surface area contributed by atoms with Gasteiger partial charge in [0.05, 0.1) is 27.8 Å². The Labute approximate surface area is 167 Å². The fourth-order valence-corrected chi connectivity index (χ4v) is 3.51. The lowest BCUT2D eigenvalue weighted by molar-refractivity contribution is -0.137. The summed E-state index contributed by atoms with van der Waals surface area (Å²) in [6.07, 6.45) is -4.64. The summed E-state index contributed by atoms with van der Waals surface area (Å²) in [5.41, 5.74) is -0.876. The first-order chi connectivity index (χ1) is 13.6. The highest BCUT2D eigenvalue weighted by molar-refractivity contribution is 8.00. The molecule has 29 heavy (non-hydrogen) atoms. The Morgan fingerprint density at radius 3 is 2.66 bits per heavy atom. The van der Waals surface area contributed by atoms with Crippen LogP contribution in [0.25, 0.3) is 0 Å². The van der Waals surface area contributed by atoms with E-state index in [0.717, 1.165) is 17.0 Å². The molecule has 1 aliphatic heterocycles. The Morgan fingerprint density at radius 1 is 1.21 bits per heavy atom. The summed E-state index contributed by atoms with van der Waals surface area (Å²) in [6.45, 7) is 0.987. The summed E-state index contributed by atoms with van der Waals surface area (Å²) < 4.78 is 43.7. The highest BCUT2D eigenvalue weighted by atomic mass is 32.2. The maximum Gasteiger partial charge on any atom is 0.418 e. The van der Waals surface area contributed by atoms with Crippen LogP contribution >= 0.6 is 11.8 Å². The van der Waals surface area contributed by atoms with E-state index in [0.29, 0.717) is 5.69 Å². The van der Waals surface area contributed by atoms with Gasteiger partial charge < -0.3 is 15.4 Å². The Kier molecular flexibility index (Phi) is 5.83. The molecule has 2 amide bonds. The summed E-state index contributed by atoms with van der Waals surface area (Å²) >= 11 is 1.34. The van der Waals surface area contributed by atoms with Crippen molar-refractivity contribution in [3.63, 3.8) is 0 Å². The first-order valence-corrected chi connectivity index (χ1v) is 9.28. The largest absolute Gasteiger partial charge is 0.452 e. The quantitative estimate of drug-likeness (QED) is 0.727. The van der Waals surface area contributed by atoms with Gasteiger partial charge in [-0.3, -0.25) is 9.59 Å². The number of amides is 2. The number of fused-ring (bicyclic) bond motifs is 1. The SMILES string of the molecule is CC1Sc2ccc(C(=O)OCC(=O)Nc3ccccc3C(F)(F)F)cc2NC1=O. The van der Waals surface area contributed by atoms with Gasteiger partial charge in [0.25, 0.3) is 5.91 Å². The maximum atomic E-state index is 13.0. The second-order valence-corrected chi connectivity index (χ2v) is 7.51. The Bertz CT molecular complexity index is 978. The van der Waals surface area contributed by atoms with Crippen LogP contribution in [-0.4, -0.2) is 29.6 Å². The molecule has 2 aromatic rings. The predicted molar refractivity (Wildman–Crippen MR) is 101 cm³/mol. The van der Waals surface area contributed by atoms with Gasteiger partial charge in [-0.1, -0.05) is 12.1 Å². The number of esters is 1. The van der Waals surface area contributed by atoms with E-state index in [4.69, 9.17) is 4.74 Å². The fourth-order valence-electron chi connectivity index (χ4n) is 2.58. The Balaban J connectivity index is 1.62. The van der Waals surface area contributed by atoms with E-state index >= 15 is 0 Å². The zero-order chi connectivity index (χ0) is 21.2. The number of anilines is 2. The molecule has 1 atom stereocenters. The third-order valence-corrected chi connectivity index (χ3v) is 5.16. The van der Waals surface area contributed by atoms with Crippen LogP contribution in [0.15, 0.2) is 47.4 Å². The molecule has 0 saturated carbocycles. The summed E-state index contributed by atoms with van der Waals surface area (Å²) in [4.78, 5) is 36.6. The Morgan fingerprint density at radius 2 is 1.93 bits per heavy atom. The van der Waals surface area contributed by atoms with Gasteiger partial charge in [-0.15, -0.1) is 11.8 Å². The minimum Gasteiger partial charge on any atom is -0.452 e. The van der Waals surface area contributed by atoms with Gasteiger partial charge in [-0.05, 0) is 37.3 Å². The Hall–Kier alpha value is -3.01. The number of carbonyl (C=O) groups is 3. The van der Waals surface area contributed by atoms with Gasteiger partial charge in [-0.25, -0.2) is 4.79 Å². The molecule has 6 nitrogen and oxygen atoms in total. The minimum absolute atomic E-state index is 0.0997. The molecule has 0 radical (unpaired) electrons. The molecule has 1 heterocycles. The monoisotopic (exact) mass is 424 g/mol. The molecule has 0 aromatic heterocycles. The van der Waals surface area contributed by atoms with Gasteiger partial charge in [0.15, 0.2) is 6.61 Å². The topological polar surface area (TPSA) is 84.5 Å². The number of halogens is 3. The number of hydrogen-bond acceptors (Lipinski definition) is 5. The standard InChI is InChI=1S/C19H15F3N2O4S/c1-10-17(26)24-14-8-11(6-7-15(14)29-10)18(27)28-9-16(25)23-13-5-3-2-4-12(13)19(20,21)22/h2-8,10H,9H2,1H3,(H,23,25)(H,24,26). The molecule has 10 heteroatoms. The summed E-state index contributed by atoms with van der Waals surface area (Å²) in [5.74, 6) is -1.95. The van der Waals surface area contributed by atoms with Crippen molar-refractivity contribution in [1.29, 1.82) is 0 Å². The van der Waals surface area contributed by atoms with E-state index < -0.39 is 35.9 Å². The molecule has 0 bridgehead atoms. The number of hydrogen-bond donors (Lipinski definition) is 2. The van der Waals surface area contributed by atoms with E-state index in [-0.39, 0.29) is 16.7 Å². The van der Waals surface area contributed by atoms with Gasteiger partial charge in [-0.2, -0.15) is 13.2 Å². The average molecular weight is 424 g/mol. The first kappa shape index (κ1) is 20.7. The molecule has 0 spiro atoms. The smallest absolute Gasteiger partial charge is 0.418 e. The zero-order valence-electron chi connectivity index (χ0n) is 15.0.